The van der Waals surface area contributed by atoms with Gasteiger partial charge in [-0.3, -0.25) is 0 Å². The van der Waals surface area contributed by atoms with E-state index in [1.807, 2.05) is 0 Å². The summed E-state index contributed by atoms with van der Waals surface area (Å²) in [6, 6.07) is 9.93. The van der Waals surface area contributed by atoms with Crippen LogP contribution in [0.25, 0.3) is 0 Å². The molecule has 27 heavy (non-hydrogen) atoms. The third kappa shape index (κ3) is 6.39. The molecule has 2 rings (SSSR count). The zero-order valence-corrected chi connectivity index (χ0v) is 17.0. The number of aryl methyl sites for hydroxylation is 1. The zero-order chi connectivity index (χ0) is 20.2. The lowest BCUT2D eigenvalue weighted by atomic mass is 10.1. The summed E-state index contributed by atoms with van der Waals surface area (Å²) in [6.07, 6.45) is 0. The Morgan fingerprint density at radius 1 is 0.963 bits per heavy atom. The van der Waals surface area contributed by atoms with E-state index in [-0.39, 0.29) is 23.2 Å². The molecule has 0 fully saturated rings. The van der Waals surface area contributed by atoms with E-state index in [0.29, 0.717) is 16.7 Å². The van der Waals surface area contributed by atoms with Crippen LogP contribution in [0.2, 0.25) is 0 Å². The van der Waals surface area contributed by atoms with Gasteiger partial charge in [0, 0.05) is 12.6 Å². The van der Waals surface area contributed by atoms with Gasteiger partial charge < -0.3 is 0 Å². The van der Waals surface area contributed by atoms with E-state index in [0.717, 1.165) is 12.1 Å². The Labute approximate surface area is 159 Å². The molecule has 9 heteroatoms. The Morgan fingerprint density at radius 2 is 1.56 bits per heavy atom. The van der Waals surface area contributed by atoms with Gasteiger partial charge in [0.1, 0.15) is 5.82 Å². The van der Waals surface area contributed by atoms with Gasteiger partial charge in [0.15, 0.2) is 0 Å². The van der Waals surface area contributed by atoms with Gasteiger partial charge in [0.2, 0.25) is 20.0 Å². The van der Waals surface area contributed by atoms with Gasteiger partial charge in [0.05, 0.1) is 10.6 Å². The van der Waals surface area contributed by atoms with Gasteiger partial charge in [-0.15, -0.1) is 0 Å². The van der Waals surface area contributed by atoms with E-state index in [1.165, 1.54) is 13.0 Å². The average Bonchev–Trinajstić information content (AvgIpc) is 2.52. The highest BCUT2D eigenvalue weighted by molar-refractivity contribution is 7.89. The lowest BCUT2D eigenvalue weighted by Gasteiger charge is -2.11. The third-order valence-corrected chi connectivity index (χ3v) is 6.79. The predicted molar refractivity (Wildman–Crippen MR) is 103 cm³/mol. The fraction of sp³-hybridized carbons (Fsp3) is 0.333. The lowest BCUT2D eigenvalue weighted by molar-refractivity contribution is 0.569. The molecule has 0 aliphatic rings. The normalized spacial score (nSPS) is 12.5. The monoisotopic (exact) mass is 414 g/mol. The molecule has 0 radical (unpaired) electrons. The molecule has 2 aromatic carbocycles. The molecule has 0 unspecified atom stereocenters. The number of rotatable bonds is 8. The molecular formula is C18H23FN2O4S2. The lowest BCUT2D eigenvalue weighted by Crippen LogP contribution is -2.31. The molecule has 0 bridgehead atoms. The second-order valence-electron chi connectivity index (χ2n) is 6.58. The van der Waals surface area contributed by atoms with Crippen molar-refractivity contribution in [2.24, 2.45) is 0 Å². The topological polar surface area (TPSA) is 92.3 Å². The van der Waals surface area contributed by atoms with Crippen molar-refractivity contribution in [1.82, 2.24) is 9.44 Å². The van der Waals surface area contributed by atoms with Crippen LogP contribution in [-0.4, -0.2) is 22.9 Å². The van der Waals surface area contributed by atoms with Crippen molar-refractivity contribution in [2.75, 3.05) is 0 Å². The van der Waals surface area contributed by atoms with E-state index >= 15 is 0 Å². The number of nitrogens with one attached hydrogen (secondary N) is 2. The number of hydrogen-bond donors (Lipinski definition) is 2. The van der Waals surface area contributed by atoms with Crippen LogP contribution in [0.1, 0.15) is 30.5 Å². The first kappa shape index (κ1) is 21.5. The van der Waals surface area contributed by atoms with Crippen molar-refractivity contribution in [3.63, 3.8) is 0 Å². The number of sulfonamides is 2. The summed E-state index contributed by atoms with van der Waals surface area (Å²) in [5.74, 6) is -0.643. The number of hydrogen-bond acceptors (Lipinski definition) is 4. The van der Waals surface area contributed by atoms with Gasteiger partial charge in [0.25, 0.3) is 0 Å². The first-order chi connectivity index (χ1) is 12.5. The molecule has 2 N–H and O–H groups in total. The van der Waals surface area contributed by atoms with Crippen molar-refractivity contribution in [1.29, 1.82) is 0 Å². The minimum absolute atomic E-state index is 0.0198. The molecule has 0 saturated heterocycles. The molecule has 148 valence electrons. The van der Waals surface area contributed by atoms with E-state index in [9.17, 15) is 21.2 Å². The van der Waals surface area contributed by atoms with Gasteiger partial charge >= 0.3 is 0 Å². The molecule has 0 atom stereocenters. The molecule has 2 aromatic rings. The van der Waals surface area contributed by atoms with Crippen LogP contribution >= 0.6 is 0 Å². The maximum atomic E-state index is 13.1. The van der Waals surface area contributed by atoms with E-state index in [4.69, 9.17) is 0 Å². The molecule has 0 spiro atoms. The summed E-state index contributed by atoms with van der Waals surface area (Å²) in [7, 11) is -7.20. The van der Waals surface area contributed by atoms with Crippen molar-refractivity contribution < 1.29 is 21.2 Å². The van der Waals surface area contributed by atoms with Crippen LogP contribution in [0.4, 0.5) is 4.39 Å². The van der Waals surface area contributed by atoms with E-state index in [1.54, 1.807) is 38.1 Å². The Hall–Kier alpha value is -1.81. The highest BCUT2D eigenvalue weighted by Crippen LogP contribution is 2.16. The Balaban J connectivity index is 2.04. The summed E-state index contributed by atoms with van der Waals surface area (Å²) in [5.41, 5.74) is 1.60. The van der Waals surface area contributed by atoms with E-state index < -0.39 is 25.9 Å². The van der Waals surface area contributed by atoms with Gasteiger partial charge in [-0.05, 0) is 55.7 Å². The van der Waals surface area contributed by atoms with E-state index in [2.05, 4.69) is 9.44 Å². The quantitative estimate of drug-likeness (QED) is 0.694. The molecular weight excluding hydrogens is 391 g/mol. The zero-order valence-electron chi connectivity index (χ0n) is 15.4. The molecule has 0 aliphatic heterocycles. The fourth-order valence-electron chi connectivity index (χ4n) is 2.54. The molecule has 0 aliphatic carbocycles. The highest BCUT2D eigenvalue weighted by atomic mass is 32.2. The summed E-state index contributed by atoms with van der Waals surface area (Å²) >= 11 is 0. The van der Waals surface area contributed by atoms with Crippen LogP contribution < -0.4 is 9.44 Å². The Bertz CT molecular complexity index is 1000. The van der Waals surface area contributed by atoms with Gasteiger partial charge in [-0.2, -0.15) is 0 Å². The summed E-state index contributed by atoms with van der Waals surface area (Å²) < 4.78 is 66.7. The number of halogens is 1. The van der Waals surface area contributed by atoms with Crippen LogP contribution in [-0.2, 0) is 32.3 Å². The highest BCUT2D eigenvalue weighted by Gasteiger charge is 2.17. The molecule has 6 nitrogen and oxygen atoms in total. The standard InChI is InChI=1S/C18H23FN2O4S2/c1-13(2)21-26(22,23)12-16-6-4-15(5-7-16)11-20-27(24,25)18-9-8-17(19)10-14(18)3/h4-10,13,20-21H,11-12H2,1-3H3. The smallest absolute Gasteiger partial charge is 0.212 e. The maximum Gasteiger partial charge on any atom is 0.241 e. The SMILES string of the molecule is Cc1cc(F)ccc1S(=O)(=O)NCc1ccc(CS(=O)(=O)NC(C)C)cc1. The van der Waals surface area contributed by atoms with Crippen molar-refractivity contribution in [3.8, 4) is 0 Å². The average molecular weight is 415 g/mol. The molecule has 0 amide bonds. The minimum atomic E-state index is -3.78. The molecule has 0 aromatic heterocycles. The summed E-state index contributed by atoms with van der Waals surface area (Å²) in [6.45, 7) is 5.06. The minimum Gasteiger partial charge on any atom is -0.212 e. The third-order valence-electron chi connectivity index (χ3n) is 3.69. The van der Waals surface area contributed by atoms with Crippen LogP contribution in [0.3, 0.4) is 0 Å². The summed E-state index contributed by atoms with van der Waals surface area (Å²) in [5, 5.41) is 0. The van der Waals surface area contributed by atoms with Crippen molar-refractivity contribution in [3.05, 3.63) is 65.0 Å². The Morgan fingerprint density at radius 3 is 2.11 bits per heavy atom. The van der Waals surface area contributed by atoms with Crippen LogP contribution in [0.5, 0.6) is 0 Å². The summed E-state index contributed by atoms with van der Waals surface area (Å²) in [4.78, 5) is 0.0198. The molecule has 0 heterocycles. The van der Waals surface area contributed by atoms with Gasteiger partial charge in [-0.1, -0.05) is 24.3 Å². The fourth-order valence-corrected chi connectivity index (χ4v) is 5.22. The second-order valence-corrected chi connectivity index (χ2v) is 10.1. The van der Waals surface area contributed by atoms with Crippen LogP contribution in [0, 0.1) is 12.7 Å². The van der Waals surface area contributed by atoms with Crippen molar-refractivity contribution >= 4 is 20.0 Å². The van der Waals surface area contributed by atoms with Gasteiger partial charge in [-0.25, -0.2) is 30.7 Å². The number of benzene rings is 2. The predicted octanol–water partition coefficient (Wildman–Crippen LogP) is 2.44. The first-order valence-electron chi connectivity index (χ1n) is 8.32. The maximum absolute atomic E-state index is 13.1. The largest absolute Gasteiger partial charge is 0.241 e. The first-order valence-corrected chi connectivity index (χ1v) is 11.5. The molecule has 0 saturated carbocycles. The van der Waals surface area contributed by atoms with Crippen LogP contribution in [0.15, 0.2) is 47.4 Å². The Kier molecular flexibility index (Phi) is 6.74. The second kappa shape index (κ2) is 8.47. The van der Waals surface area contributed by atoms with Crippen molar-refractivity contribution in [2.45, 2.75) is 44.0 Å².